The Morgan fingerprint density at radius 2 is 2.08 bits per heavy atom. The Hall–Kier alpha value is -1.55. The summed E-state index contributed by atoms with van der Waals surface area (Å²) in [6.07, 6.45) is 3.78. The van der Waals surface area contributed by atoms with Crippen LogP contribution in [0.5, 0.6) is 0 Å². The highest BCUT2D eigenvalue weighted by Crippen LogP contribution is 2.19. The van der Waals surface area contributed by atoms with Crippen LogP contribution in [0.3, 0.4) is 0 Å². The van der Waals surface area contributed by atoms with E-state index in [9.17, 15) is 4.79 Å². The molecule has 0 saturated heterocycles. The summed E-state index contributed by atoms with van der Waals surface area (Å²) in [5.74, 6) is 0.667. The third-order valence-electron chi connectivity index (χ3n) is 1.55. The quantitative estimate of drug-likeness (QED) is 0.680. The van der Waals surface area contributed by atoms with E-state index >= 15 is 0 Å². The fourth-order valence-corrected chi connectivity index (χ4v) is 1.60. The lowest BCUT2D eigenvalue weighted by Crippen LogP contribution is -1.88. The average molecular weight is 190 g/mol. The molecule has 0 aliphatic heterocycles. The third kappa shape index (κ3) is 1.62. The number of hydrogen-bond acceptors (Lipinski definition) is 4. The molecule has 4 heteroatoms. The van der Waals surface area contributed by atoms with Gasteiger partial charge in [-0.1, -0.05) is 6.07 Å². The molecule has 0 radical (unpaired) electrons. The van der Waals surface area contributed by atoms with Crippen molar-refractivity contribution in [2.24, 2.45) is 0 Å². The molecule has 0 aliphatic rings. The van der Waals surface area contributed by atoms with Crippen LogP contribution >= 0.6 is 11.3 Å². The molecule has 0 N–H and O–H groups in total. The predicted octanol–water partition coefficient (Wildman–Crippen LogP) is 2.02. The number of aromatic nitrogens is 2. The van der Waals surface area contributed by atoms with Gasteiger partial charge in [-0.2, -0.15) is 0 Å². The van der Waals surface area contributed by atoms with Gasteiger partial charge >= 0.3 is 0 Å². The molecule has 13 heavy (non-hydrogen) atoms. The number of rotatable bonds is 2. The van der Waals surface area contributed by atoms with Gasteiger partial charge in [0, 0.05) is 12.4 Å². The Morgan fingerprint density at radius 3 is 2.62 bits per heavy atom. The molecule has 2 rings (SSSR count). The monoisotopic (exact) mass is 190 g/mol. The van der Waals surface area contributed by atoms with Crippen LogP contribution < -0.4 is 0 Å². The first-order chi connectivity index (χ1) is 6.40. The van der Waals surface area contributed by atoms with E-state index in [1.54, 1.807) is 11.3 Å². The third-order valence-corrected chi connectivity index (χ3v) is 2.42. The molecule has 2 heterocycles. The molecule has 0 saturated carbocycles. The Kier molecular flexibility index (Phi) is 2.14. The predicted molar refractivity (Wildman–Crippen MR) is 50.7 cm³/mol. The number of carbonyl (C=O) groups excluding carboxylic acids is 1. The highest BCUT2D eigenvalue weighted by Gasteiger charge is 2.00. The molecule has 0 spiro atoms. The van der Waals surface area contributed by atoms with Crippen molar-refractivity contribution in [3.63, 3.8) is 0 Å². The minimum atomic E-state index is 0.500. The number of hydrogen-bond donors (Lipinski definition) is 0. The Balaban J connectivity index is 2.38. The van der Waals surface area contributed by atoms with E-state index in [2.05, 4.69) is 9.97 Å². The summed E-state index contributed by atoms with van der Waals surface area (Å²) in [7, 11) is 0. The molecule has 0 aromatic carbocycles. The van der Waals surface area contributed by atoms with Crippen molar-refractivity contribution in [2.45, 2.75) is 0 Å². The van der Waals surface area contributed by atoms with Gasteiger partial charge in [0.1, 0.15) is 0 Å². The zero-order chi connectivity index (χ0) is 9.10. The van der Waals surface area contributed by atoms with Gasteiger partial charge in [-0.05, 0) is 11.4 Å². The van der Waals surface area contributed by atoms with Crippen LogP contribution in [-0.2, 0) is 0 Å². The van der Waals surface area contributed by atoms with Crippen molar-refractivity contribution in [3.05, 3.63) is 35.5 Å². The summed E-state index contributed by atoms with van der Waals surface area (Å²) in [5.41, 5.74) is 0.500. The Morgan fingerprint density at radius 1 is 1.31 bits per heavy atom. The van der Waals surface area contributed by atoms with Gasteiger partial charge in [0.05, 0.1) is 10.4 Å². The molecule has 2 aromatic heterocycles. The molecular weight excluding hydrogens is 184 g/mol. The van der Waals surface area contributed by atoms with Crippen molar-refractivity contribution in [1.29, 1.82) is 0 Å². The molecule has 2 aromatic rings. The highest BCUT2D eigenvalue weighted by atomic mass is 32.1. The average Bonchev–Trinajstić information content (AvgIpc) is 2.71. The molecule has 0 unspecified atom stereocenters. The summed E-state index contributed by atoms with van der Waals surface area (Å²) in [4.78, 5) is 19.5. The van der Waals surface area contributed by atoms with Gasteiger partial charge in [0.25, 0.3) is 0 Å². The SMILES string of the molecule is O=Cc1cnc(-c2cccs2)nc1. The van der Waals surface area contributed by atoms with Crippen LogP contribution in [-0.4, -0.2) is 16.3 Å². The first-order valence-corrected chi connectivity index (χ1v) is 4.59. The normalized spacial score (nSPS) is 9.85. The second-order valence-corrected chi connectivity index (χ2v) is 3.38. The van der Waals surface area contributed by atoms with E-state index in [0.29, 0.717) is 11.4 Å². The Labute approximate surface area is 79.1 Å². The van der Waals surface area contributed by atoms with Crippen molar-refractivity contribution >= 4 is 17.6 Å². The van der Waals surface area contributed by atoms with Crippen molar-refractivity contribution in [1.82, 2.24) is 9.97 Å². The van der Waals surface area contributed by atoms with E-state index < -0.39 is 0 Å². The van der Waals surface area contributed by atoms with E-state index in [1.165, 1.54) is 12.4 Å². The van der Waals surface area contributed by atoms with Crippen molar-refractivity contribution < 1.29 is 4.79 Å². The van der Waals surface area contributed by atoms with Gasteiger partial charge in [-0.3, -0.25) is 4.79 Å². The second-order valence-electron chi connectivity index (χ2n) is 2.44. The summed E-state index contributed by atoms with van der Waals surface area (Å²) in [6, 6.07) is 3.89. The maximum atomic E-state index is 10.3. The van der Waals surface area contributed by atoms with E-state index in [4.69, 9.17) is 0 Å². The second kappa shape index (κ2) is 3.45. The van der Waals surface area contributed by atoms with Gasteiger partial charge in [-0.15, -0.1) is 11.3 Å². The molecular formula is C9H6N2OS. The standard InChI is InChI=1S/C9H6N2OS/c12-6-7-4-10-9(11-5-7)8-2-1-3-13-8/h1-6H. The van der Waals surface area contributed by atoms with E-state index in [-0.39, 0.29) is 0 Å². The molecule has 0 aliphatic carbocycles. The number of carbonyl (C=O) groups is 1. The zero-order valence-corrected chi connectivity index (χ0v) is 7.49. The number of nitrogens with zero attached hydrogens (tertiary/aromatic N) is 2. The number of thiophene rings is 1. The summed E-state index contributed by atoms with van der Waals surface area (Å²) in [6.45, 7) is 0. The largest absolute Gasteiger partial charge is 0.298 e. The van der Waals surface area contributed by atoms with Crippen LogP contribution in [0, 0.1) is 0 Å². The summed E-state index contributed by atoms with van der Waals surface area (Å²) >= 11 is 1.58. The van der Waals surface area contributed by atoms with E-state index in [1.807, 2.05) is 17.5 Å². The first kappa shape index (κ1) is 8.07. The van der Waals surface area contributed by atoms with E-state index in [0.717, 1.165) is 11.2 Å². The lowest BCUT2D eigenvalue weighted by molar-refractivity contribution is 0.112. The number of aldehydes is 1. The van der Waals surface area contributed by atoms with Gasteiger partial charge < -0.3 is 0 Å². The lowest BCUT2D eigenvalue weighted by atomic mass is 10.3. The molecule has 3 nitrogen and oxygen atoms in total. The molecule has 0 amide bonds. The Bertz CT molecular complexity index is 394. The minimum Gasteiger partial charge on any atom is -0.298 e. The first-order valence-electron chi connectivity index (χ1n) is 3.71. The van der Waals surface area contributed by atoms with Crippen LogP contribution in [0.2, 0.25) is 0 Å². The zero-order valence-electron chi connectivity index (χ0n) is 6.68. The van der Waals surface area contributed by atoms with Gasteiger partial charge in [0.2, 0.25) is 0 Å². The van der Waals surface area contributed by atoms with Gasteiger partial charge in [-0.25, -0.2) is 9.97 Å². The van der Waals surface area contributed by atoms with Crippen molar-refractivity contribution in [3.8, 4) is 10.7 Å². The summed E-state index contributed by atoms with van der Waals surface area (Å²) in [5, 5.41) is 1.96. The topological polar surface area (TPSA) is 42.9 Å². The smallest absolute Gasteiger partial charge is 0.169 e. The van der Waals surface area contributed by atoms with Crippen LogP contribution in [0.15, 0.2) is 29.9 Å². The minimum absolute atomic E-state index is 0.500. The maximum Gasteiger partial charge on any atom is 0.169 e. The highest BCUT2D eigenvalue weighted by molar-refractivity contribution is 7.13. The molecule has 64 valence electrons. The molecule has 0 fully saturated rings. The fraction of sp³-hybridized carbons (Fsp3) is 0. The van der Waals surface area contributed by atoms with Crippen LogP contribution in [0.25, 0.3) is 10.7 Å². The summed E-state index contributed by atoms with van der Waals surface area (Å²) < 4.78 is 0. The molecule has 0 bridgehead atoms. The molecule has 0 atom stereocenters. The van der Waals surface area contributed by atoms with Crippen LogP contribution in [0.1, 0.15) is 10.4 Å². The maximum absolute atomic E-state index is 10.3. The fourth-order valence-electron chi connectivity index (χ4n) is 0.932. The lowest BCUT2D eigenvalue weighted by Gasteiger charge is -1.94. The van der Waals surface area contributed by atoms with Crippen LogP contribution in [0.4, 0.5) is 0 Å². The van der Waals surface area contributed by atoms with Crippen molar-refractivity contribution in [2.75, 3.05) is 0 Å². The van der Waals surface area contributed by atoms with Gasteiger partial charge in [0.15, 0.2) is 12.1 Å².